The lowest BCUT2D eigenvalue weighted by atomic mass is 10.1. The van der Waals surface area contributed by atoms with E-state index >= 15 is 0 Å². The van der Waals surface area contributed by atoms with Crippen molar-refractivity contribution < 1.29 is 0 Å². The quantitative estimate of drug-likeness (QED) is 0.794. The van der Waals surface area contributed by atoms with E-state index in [1.165, 1.54) is 15.3 Å². The molecule has 0 amide bonds. The molecule has 2 aromatic heterocycles. The fraction of sp³-hybridized carbons (Fsp3) is 0.235. The lowest BCUT2D eigenvalue weighted by molar-refractivity contribution is 0.460. The zero-order valence-electron chi connectivity index (χ0n) is 12.2. The Balaban J connectivity index is 1.96. The van der Waals surface area contributed by atoms with Crippen molar-refractivity contribution >= 4 is 11.3 Å². The summed E-state index contributed by atoms with van der Waals surface area (Å²) < 4.78 is 1.98. The van der Waals surface area contributed by atoms with Crippen molar-refractivity contribution in [3.63, 3.8) is 0 Å². The van der Waals surface area contributed by atoms with Crippen LogP contribution >= 0.6 is 11.3 Å². The smallest absolute Gasteiger partial charge is 0.101 e. The van der Waals surface area contributed by atoms with Gasteiger partial charge in [0.25, 0.3) is 0 Å². The Hall–Kier alpha value is -1.91. The molecule has 2 unspecified atom stereocenters. The minimum atomic E-state index is 0.00609. The summed E-state index contributed by atoms with van der Waals surface area (Å²) in [7, 11) is 0. The molecule has 0 aliphatic rings. The lowest BCUT2D eigenvalue weighted by Gasteiger charge is -2.20. The van der Waals surface area contributed by atoms with Crippen LogP contribution in [0.3, 0.4) is 0 Å². The van der Waals surface area contributed by atoms with E-state index in [0.29, 0.717) is 0 Å². The number of hydrogen-bond acceptors (Lipinski definition) is 3. The molecule has 1 aromatic carbocycles. The molecule has 2 heterocycles. The molecule has 2 atom stereocenters. The molecule has 3 nitrogen and oxygen atoms in total. The highest BCUT2D eigenvalue weighted by atomic mass is 32.1. The summed E-state index contributed by atoms with van der Waals surface area (Å²) >= 11 is 1.78. The van der Waals surface area contributed by atoms with Gasteiger partial charge in [0, 0.05) is 27.6 Å². The summed E-state index contributed by atoms with van der Waals surface area (Å²) in [4.78, 5) is 2.55. The molecule has 3 rings (SSSR count). The van der Waals surface area contributed by atoms with Crippen molar-refractivity contribution in [1.82, 2.24) is 9.78 Å². The SMILES string of the molecule is Cc1ccc(C(C(C)N)n2cc(-c3ccccc3)cn2)s1. The third-order valence-corrected chi connectivity index (χ3v) is 4.62. The van der Waals surface area contributed by atoms with Gasteiger partial charge in [0.05, 0.1) is 6.20 Å². The van der Waals surface area contributed by atoms with Gasteiger partial charge in [0.15, 0.2) is 0 Å². The maximum Gasteiger partial charge on any atom is 0.101 e. The number of nitrogens with zero attached hydrogens (tertiary/aromatic N) is 2. The Labute approximate surface area is 129 Å². The van der Waals surface area contributed by atoms with Crippen molar-refractivity contribution in [3.8, 4) is 11.1 Å². The second kappa shape index (κ2) is 5.84. The number of rotatable bonds is 4. The first kappa shape index (κ1) is 14.0. The minimum Gasteiger partial charge on any atom is -0.326 e. The molecule has 0 aliphatic carbocycles. The predicted molar refractivity (Wildman–Crippen MR) is 88.5 cm³/mol. The summed E-state index contributed by atoms with van der Waals surface area (Å²) in [6.07, 6.45) is 3.99. The Morgan fingerprint density at radius 3 is 2.48 bits per heavy atom. The molecule has 0 saturated heterocycles. The van der Waals surface area contributed by atoms with E-state index in [4.69, 9.17) is 5.73 Å². The van der Waals surface area contributed by atoms with Crippen molar-refractivity contribution in [2.75, 3.05) is 0 Å². The van der Waals surface area contributed by atoms with Crippen LogP contribution in [0.15, 0.2) is 54.9 Å². The monoisotopic (exact) mass is 297 g/mol. The zero-order chi connectivity index (χ0) is 14.8. The van der Waals surface area contributed by atoms with Gasteiger partial charge in [0.2, 0.25) is 0 Å². The molecule has 4 heteroatoms. The van der Waals surface area contributed by atoms with Gasteiger partial charge in [-0.1, -0.05) is 30.3 Å². The summed E-state index contributed by atoms with van der Waals surface area (Å²) in [6, 6.07) is 14.7. The van der Waals surface area contributed by atoms with E-state index in [-0.39, 0.29) is 12.1 Å². The van der Waals surface area contributed by atoms with E-state index in [9.17, 15) is 0 Å². The maximum absolute atomic E-state index is 6.20. The first-order chi connectivity index (χ1) is 10.1. The molecule has 21 heavy (non-hydrogen) atoms. The Morgan fingerprint density at radius 2 is 1.86 bits per heavy atom. The van der Waals surface area contributed by atoms with Crippen molar-refractivity contribution in [3.05, 3.63) is 64.6 Å². The number of aromatic nitrogens is 2. The Morgan fingerprint density at radius 1 is 1.10 bits per heavy atom. The first-order valence-electron chi connectivity index (χ1n) is 7.06. The molecule has 0 aliphatic heterocycles. The molecular weight excluding hydrogens is 278 g/mol. The van der Waals surface area contributed by atoms with Crippen LogP contribution < -0.4 is 5.73 Å². The number of aryl methyl sites for hydroxylation is 1. The molecule has 0 spiro atoms. The summed E-state index contributed by atoms with van der Waals surface area (Å²) in [5.41, 5.74) is 8.50. The summed E-state index contributed by atoms with van der Waals surface area (Å²) in [5.74, 6) is 0. The van der Waals surface area contributed by atoms with Gasteiger partial charge < -0.3 is 5.73 Å². The van der Waals surface area contributed by atoms with Gasteiger partial charge in [-0.3, -0.25) is 4.68 Å². The average Bonchev–Trinajstić information content (AvgIpc) is 3.10. The third kappa shape index (κ3) is 2.91. The van der Waals surface area contributed by atoms with Gasteiger partial charge in [-0.15, -0.1) is 11.3 Å². The number of thiophene rings is 1. The fourth-order valence-electron chi connectivity index (χ4n) is 2.51. The van der Waals surface area contributed by atoms with E-state index in [1.807, 2.05) is 36.0 Å². The number of benzene rings is 1. The van der Waals surface area contributed by atoms with E-state index in [1.54, 1.807) is 11.3 Å². The number of nitrogens with two attached hydrogens (primary N) is 1. The van der Waals surface area contributed by atoms with Crippen molar-refractivity contribution in [2.45, 2.75) is 25.9 Å². The van der Waals surface area contributed by atoms with Crippen LogP contribution in [0.25, 0.3) is 11.1 Å². The van der Waals surface area contributed by atoms with Gasteiger partial charge in [-0.25, -0.2) is 0 Å². The summed E-state index contributed by atoms with van der Waals surface area (Å²) in [6.45, 7) is 4.15. The molecular formula is C17H19N3S. The van der Waals surface area contributed by atoms with Gasteiger partial charge in [-0.2, -0.15) is 5.10 Å². The van der Waals surface area contributed by atoms with Gasteiger partial charge in [-0.05, 0) is 31.5 Å². The maximum atomic E-state index is 6.20. The van der Waals surface area contributed by atoms with Crippen LogP contribution in [-0.2, 0) is 0 Å². The Kier molecular flexibility index (Phi) is 3.90. The fourth-order valence-corrected chi connectivity index (χ4v) is 3.60. The summed E-state index contributed by atoms with van der Waals surface area (Å²) in [5, 5.41) is 4.54. The largest absolute Gasteiger partial charge is 0.326 e. The van der Waals surface area contributed by atoms with Crippen LogP contribution in [0.5, 0.6) is 0 Å². The molecule has 2 N–H and O–H groups in total. The van der Waals surface area contributed by atoms with Crippen LogP contribution in [0.1, 0.15) is 22.7 Å². The average molecular weight is 297 g/mol. The lowest BCUT2D eigenvalue weighted by Crippen LogP contribution is -2.29. The van der Waals surface area contributed by atoms with Crippen LogP contribution in [0, 0.1) is 6.92 Å². The van der Waals surface area contributed by atoms with Crippen LogP contribution in [0.2, 0.25) is 0 Å². The number of hydrogen-bond donors (Lipinski definition) is 1. The van der Waals surface area contributed by atoms with Crippen LogP contribution in [0.4, 0.5) is 0 Å². The second-order valence-corrected chi connectivity index (χ2v) is 6.65. The molecule has 0 bridgehead atoms. The molecule has 0 saturated carbocycles. The predicted octanol–water partition coefficient (Wildman–Crippen LogP) is 3.86. The molecule has 3 aromatic rings. The van der Waals surface area contributed by atoms with Gasteiger partial charge in [0.1, 0.15) is 6.04 Å². The standard InChI is InChI=1S/C17H19N3S/c1-12-8-9-16(21-12)17(13(2)18)20-11-15(10-19-20)14-6-4-3-5-7-14/h3-11,13,17H,18H2,1-2H3. The van der Waals surface area contributed by atoms with Crippen LogP contribution in [-0.4, -0.2) is 15.8 Å². The normalized spacial score (nSPS) is 14.0. The third-order valence-electron chi connectivity index (χ3n) is 3.54. The first-order valence-corrected chi connectivity index (χ1v) is 7.88. The van der Waals surface area contributed by atoms with Crippen molar-refractivity contribution in [2.24, 2.45) is 5.73 Å². The minimum absolute atomic E-state index is 0.00609. The molecule has 0 radical (unpaired) electrons. The highest BCUT2D eigenvalue weighted by molar-refractivity contribution is 7.12. The molecule has 0 fully saturated rings. The second-order valence-electron chi connectivity index (χ2n) is 5.33. The van der Waals surface area contributed by atoms with E-state index < -0.39 is 0 Å². The highest BCUT2D eigenvalue weighted by Gasteiger charge is 2.21. The highest BCUT2D eigenvalue weighted by Crippen LogP contribution is 2.29. The van der Waals surface area contributed by atoms with E-state index in [2.05, 4.69) is 42.5 Å². The zero-order valence-corrected chi connectivity index (χ0v) is 13.0. The molecule has 108 valence electrons. The topological polar surface area (TPSA) is 43.8 Å². The van der Waals surface area contributed by atoms with Gasteiger partial charge >= 0.3 is 0 Å². The van der Waals surface area contributed by atoms with E-state index in [0.717, 1.165) is 5.56 Å². The Bertz CT molecular complexity index is 712. The van der Waals surface area contributed by atoms with Crippen molar-refractivity contribution in [1.29, 1.82) is 0 Å².